The van der Waals surface area contributed by atoms with Crippen LogP contribution in [0, 0.1) is 0 Å². The van der Waals surface area contributed by atoms with Crippen molar-refractivity contribution >= 4 is 73.7 Å². The van der Waals surface area contributed by atoms with E-state index in [1.807, 2.05) is 16.7 Å². The van der Waals surface area contributed by atoms with Crippen molar-refractivity contribution in [1.82, 2.24) is 0 Å². The molecule has 0 amide bonds. The average molecular weight is 453 g/mol. The van der Waals surface area contributed by atoms with Crippen molar-refractivity contribution < 1.29 is 18.3 Å². The highest BCUT2D eigenvalue weighted by molar-refractivity contribution is 7.99. The first-order chi connectivity index (χ1) is 12.3. The molecule has 0 atom stereocenters. The quantitative estimate of drug-likeness (QED) is 0.709. The van der Waals surface area contributed by atoms with Gasteiger partial charge in [-0.15, -0.1) is 11.3 Å². The molecule has 2 aromatic rings. The summed E-state index contributed by atoms with van der Waals surface area (Å²) in [5, 5.41) is 9.54. The number of carbonyl (C=O) groups is 1. The molecule has 0 spiro atoms. The van der Waals surface area contributed by atoms with Crippen LogP contribution >= 0.6 is 46.3 Å². The van der Waals surface area contributed by atoms with Crippen LogP contribution < -0.4 is 9.62 Å². The summed E-state index contributed by atoms with van der Waals surface area (Å²) >= 11 is 14.5. The van der Waals surface area contributed by atoms with Gasteiger partial charge in [0.15, 0.2) is 0 Å². The second kappa shape index (κ2) is 7.85. The lowest BCUT2D eigenvalue weighted by Gasteiger charge is -2.29. The molecule has 1 saturated heterocycles. The highest BCUT2D eigenvalue weighted by Crippen LogP contribution is 2.35. The van der Waals surface area contributed by atoms with Crippen LogP contribution in [-0.2, 0) is 10.0 Å². The number of aromatic carboxylic acids is 1. The number of hydrogen-bond donors (Lipinski definition) is 2. The maximum absolute atomic E-state index is 12.5. The van der Waals surface area contributed by atoms with Gasteiger partial charge >= 0.3 is 5.97 Å². The van der Waals surface area contributed by atoms with E-state index < -0.39 is 16.0 Å². The van der Waals surface area contributed by atoms with Crippen LogP contribution in [0.2, 0.25) is 8.67 Å². The molecule has 2 heterocycles. The minimum absolute atomic E-state index is 0.0448. The van der Waals surface area contributed by atoms with Crippen molar-refractivity contribution in [1.29, 1.82) is 0 Å². The van der Waals surface area contributed by atoms with E-state index in [4.69, 9.17) is 23.2 Å². The van der Waals surface area contributed by atoms with E-state index in [9.17, 15) is 18.3 Å². The maximum Gasteiger partial charge on any atom is 0.337 e. The van der Waals surface area contributed by atoms with Crippen LogP contribution in [0.4, 0.5) is 11.4 Å². The summed E-state index contributed by atoms with van der Waals surface area (Å²) in [7, 11) is -3.97. The lowest BCUT2D eigenvalue weighted by molar-refractivity contribution is 0.0697. The second-order valence-electron chi connectivity index (χ2n) is 5.43. The lowest BCUT2D eigenvalue weighted by Crippen LogP contribution is -2.33. The Morgan fingerprint density at radius 3 is 2.46 bits per heavy atom. The number of nitrogens with one attached hydrogen (secondary N) is 1. The van der Waals surface area contributed by atoms with E-state index >= 15 is 0 Å². The van der Waals surface area contributed by atoms with Gasteiger partial charge in [-0.05, 0) is 24.3 Å². The molecule has 1 aliphatic heterocycles. The molecule has 0 unspecified atom stereocenters. The fourth-order valence-corrected chi connectivity index (χ4v) is 6.67. The van der Waals surface area contributed by atoms with Crippen LogP contribution in [0.3, 0.4) is 0 Å². The van der Waals surface area contributed by atoms with E-state index in [0.717, 1.165) is 35.9 Å². The monoisotopic (exact) mass is 452 g/mol. The normalized spacial score (nSPS) is 15.1. The van der Waals surface area contributed by atoms with Gasteiger partial charge in [0.05, 0.1) is 15.6 Å². The van der Waals surface area contributed by atoms with Gasteiger partial charge in [-0.2, -0.15) is 11.8 Å². The number of thiophene rings is 1. The summed E-state index contributed by atoms with van der Waals surface area (Å²) in [5.41, 5.74) is 0.778. The molecule has 1 fully saturated rings. The van der Waals surface area contributed by atoms with Gasteiger partial charge < -0.3 is 10.0 Å². The molecule has 3 rings (SSSR count). The smallest absolute Gasteiger partial charge is 0.337 e. The molecule has 6 nitrogen and oxygen atoms in total. The lowest BCUT2D eigenvalue weighted by atomic mass is 10.1. The molecular formula is C15H14Cl2N2O4S3. The zero-order chi connectivity index (χ0) is 18.9. The molecule has 2 N–H and O–H groups in total. The van der Waals surface area contributed by atoms with Crippen molar-refractivity contribution in [2.45, 2.75) is 4.90 Å². The number of halogens is 2. The number of rotatable bonds is 5. The number of anilines is 2. The minimum Gasteiger partial charge on any atom is -0.478 e. The Morgan fingerprint density at radius 1 is 1.19 bits per heavy atom. The summed E-state index contributed by atoms with van der Waals surface area (Å²) in [6.07, 6.45) is 0. The van der Waals surface area contributed by atoms with Crippen LogP contribution in [-0.4, -0.2) is 44.1 Å². The first-order valence-corrected chi connectivity index (χ1v) is 11.7. The van der Waals surface area contributed by atoms with E-state index in [-0.39, 0.29) is 24.8 Å². The van der Waals surface area contributed by atoms with E-state index in [0.29, 0.717) is 5.69 Å². The summed E-state index contributed by atoms with van der Waals surface area (Å²) in [4.78, 5) is 13.5. The van der Waals surface area contributed by atoms with Crippen molar-refractivity contribution in [3.05, 3.63) is 38.5 Å². The van der Waals surface area contributed by atoms with Gasteiger partial charge in [0, 0.05) is 30.3 Å². The highest BCUT2D eigenvalue weighted by atomic mass is 35.5. The molecule has 0 aliphatic carbocycles. The molecule has 1 aromatic heterocycles. The zero-order valence-electron chi connectivity index (χ0n) is 13.2. The Morgan fingerprint density at radius 2 is 1.88 bits per heavy atom. The number of thioether (sulfide) groups is 1. The molecule has 0 bridgehead atoms. The number of nitrogens with zero attached hydrogens (tertiary/aromatic N) is 1. The van der Waals surface area contributed by atoms with E-state index in [1.54, 1.807) is 12.1 Å². The average Bonchev–Trinajstić information content (AvgIpc) is 2.94. The number of carboxylic acids is 1. The van der Waals surface area contributed by atoms with Crippen molar-refractivity contribution in [3.8, 4) is 0 Å². The van der Waals surface area contributed by atoms with Crippen molar-refractivity contribution in [2.24, 2.45) is 0 Å². The van der Waals surface area contributed by atoms with Gasteiger partial charge in [-0.3, -0.25) is 4.72 Å². The Kier molecular flexibility index (Phi) is 5.93. The van der Waals surface area contributed by atoms with Crippen molar-refractivity contribution in [3.63, 3.8) is 0 Å². The maximum atomic E-state index is 12.5. The number of carboxylic acid groups (broad SMARTS) is 1. The Hall–Kier alpha value is -1.13. The number of hydrogen-bond acceptors (Lipinski definition) is 6. The van der Waals surface area contributed by atoms with Gasteiger partial charge in [0.2, 0.25) is 0 Å². The first-order valence-electron chi connectivity index (χ1n) is 7.45. The summed E-state index contributed by atoms with van der Waals surface area (Å²) < 4.78 is 27.6. The fraction of sp³-hybridized carbons (Fsp3) is 0.267. The highest BCUT2D eigenvalue weighted by Gasteiger charge is 2.23. The molecule has 1 aromatic carbocycles. The molecule has 1 aliphatic rings. The molecule has 0 saturated carbocycles. The molecule has 26 heavy (non-hydrogen) atoms. The Labute approximate surface area is 169 Å². The fourth-order valence-electron chi connectivity index (χ4n) is 2.57. The number of benzene rings is 1. The summed E-state index contributed by atoms with van der Waals surface area (Å²) in [6, 6.07) is 5.75. The molecular weight excluding hydrogens is 439 g/mol. The molecule has 11 heteroatoms. The van der Waals surface area contributed by atoms with E-state index in [1.165, 1.54) is 12.1 Å². The summed E-state index contributed by atoms with van der Waals surface area (Å²) in [5.74, 6) is 0.728. The second-order valence-corrected chi connectivity index (χ2v) is 10.6. The zero-order valence-corrected chi connectivity index (χ0v) is 17.2. The third-order valence-corrected chi connectivity index (χ3v) is 7.82. The third-order valence-electron chi connectivity index (χ3n) is 3.75. The van der Waals surface area contributed by atoms with E-state index in [2.05, 4.69) is 4.72 Å². The molecule has 0 radical (unpaired) electrons. The standard InChI is InChI=1S/C15H14Cl2N2O4S3/c16-13-8-12(14(17)25-13)26(22,23)18-9-1-2-11(10(7-9)15(20)21)19-3-5-24-6-4-19/h1-2,7-8,18H,3-6H2,(H,20,21). The largest absolute Gasteiger partial charge is 0.478 e. The summed E-state index contributed by atoms with van der Waals surface area (Å²) in [6.45, 7) is 1.50. The van der Waals surface area contributed by atoms with Gasteiger partial charge in [0.25, 0.3) is 10.0 Å². The first kappa shape index (κ1) is 19.6. The molecule has 140 valence electrons. The SMILES string of the molecule is O=C(O)c1cc(NS(=O)(=O)c2cc(Cl)sc2Cl)ccc1N1CCSCC1. The Balaban J connectivity index is 1.92. The van der Waals surface area contributed by atoms with Crippen LogP contribution in [0.5, 0.6) is 0 Å². The van der Waals surface area contributed by atoms with Crippen LogP contribution in [0.1, 0.15) is 10.4 Å². The topological polar surface area (TPSA) is 86.7 Å². The van der Waals surface area contributed by atoms with Gasteiger partial charge in [-0.25, -0.2) is 13.2 Å². The predicted molar refractivity (Wildman–Crippen MR) is 108 cm³/mol. The van der Waals surface area contributed by atoms with Gasteiger partial charge in [0.1, 0.15) is 9.23 Å². The third kappa shape index (κ3) is 4.23. The van der Waals surface area contributed by atoms with Crippen LogP contribution in [0.25, 0.3) is 0 Å². The Bertz CT molecular complexity index is 940. The minimum atomic E-state index is -3.97. The van der Waals surface area contributed by atoms with Gasteiger partial charge in [-0.1, -0.05) is 23.2 Å². The van der Waals surface area contributed by atoms with Crippen LogP contribution in [0.15, 0.2) is 29.2 Å². The predicted octanol–water partition coefficient (Wildman–Crippen LogP) is 4.11. The number of sulfonamides is 1. The van der Waals surface area contributed by atoms with Crippen molar-refractivity contribution in [2.75, 3.05) is 34.2 Å².